The van der Waals surface area contributed by atoms with Crippen molar-refractivity contribution >= 4 is 5.96 Å². The number of aliphatic imine (C=N–C) groups is 1. The molecule has 1 aliphatic heterocycles. The Morgan fingerprint density at radius 3 is 3.04 bits per heavy atom. The summed E-state index contributed by atoms with van der Waals surface area (Å²) in [6.07, 6.45) is 4.25. The zero-order chi connectivity index (χ0) is 18.5. The van der Waals surface area contributed by atoms with Gasteiger partial charge in [-0.2, -0.15) is 0 Å². The molecular weight excluding hydrogens is 330 g/mol. The monoisotopic (exact) mass is 361 g/mol. The molecular formula is C20H31N3O3. The van der Waals surface area contributed by atoms with Gasteiger partial charge in [0.05, 0.1) is 25.9 Å². The van der Waals surface area contributed by atoms with Crippen LogP contribution in [0, 0.1) is 0 Å². The number of benzene rings is 1. The van der Waals surface area contributed by atoms with E-state index < -0.39 is 0 Å². The number of hydrogen-bond donors (Lipinski definition) is 2. The molecule has 1 unspecified atom stereocenters. The predicted octanol–water partition coefficient (Wildman–Crippen LogP) is 2.50. The molecule has 0 aromatic heterocycles. The SMILES string of the molecule is C=CCOc1ccccc1CN=C(NCC)NCCOCC1CCCO1. The fourth-order valence-electron chi connectivity index (χ4n) is 2.66. The van der Waals surface area contributed by atoms with Crippen molar-refractivity contribution in [1.29, 1.82) is 0 Å². The number of para-hydroxylation sites is 1. The summed E-state index contributed by atoms with van der Waals surface area (Å²) < 4.78 is 16.9. The molecule has 1 aliphatic rings. The van der Waals surface area contributed by atoms with Gasteiger partial charge in [0.2, 0.25) is 0 Å². The van der Waals surface area contributed by atoms with Crippen LogP contribution in [-0.4, -0.2) is 51.6 Å². The second kappa shape index (κ2) is 12.3. The lowest BCUT2D eigenvalue weighted by atomic mass is 10.2. The highest BCUT2D eigenvalue weighted by molar-refractivity contribution is 5.79. The van der Waals surface area contributed by atoms with Gasteiger partial charge in [0, 0.05) is 25.3 Å². The van der Waals surface area contributed by atoms with E-state index in [1.807, 2.05) is 31.2 Å². The van der Waals surface area contributed by atoms with Crippen LogP contribution in [0.3, 0.4) is 0 Å². The van der Waals surface area contributed by atoms with Gasteiger partial charge in [0.25, 0.3) is 0 Å². The van der Waals surface area contributed by atoms with E-state index in [1.165, 1.54) is 0 Å². The Hall–Kier alpha value is -2.05. The van der Waals surface area contributed by atoms with Gasteiger partial charge < -0.3 is 24.8 Å². The van der Waals surface area contributed by atoms with E-state index in [4.69, 9.17) is 14.2 Å². The number of nitrogens with one attached hydrogen (secondary N) is 2. The van der Waals surface area contributed by atoms with Gasteiger partial charge in [0.15, 0.2) is 5.96 Å². The van der Waals surface area contributed by atoms with Gasteiger partial charge in [0.1, 0.15) is 12.4 Å². The minimum absolute atomic E-state index is 0.268. The Labute approximate surface area is 156 Å². The van der Waals surface area contributed by atoms with Gasteiger partial charge in [-0.05, 0) is 25.8 Å². The molecule has 144 valence electrons. The molecule has 1 aromatic carbocycles. The number of nitrogens with zero attached hydrogens (tertiary/aromatic N) is 1. The van der Waals surface area contributed by atoms with Crippen molar-refractivity contribution in [3.8, 4) is 5.75 Å². The quantitative estimate of drug-likeness (QED) is 0.274. The van der Waals surface area contributed by atoms with Gasteiger partial charge in [-0.15, -0.1) is 0 Å². The van der Waals surface area contributed by atoms with E-state index in [0.717, 1.165) is 43.3 Å². The summed E-state index contributed by atoms with van der Waals surface area (Å²) in [6, 6.07) is 7.93. The summed E-state index contributed by atoms with van der Waals surface area (Å²) >= 11 is 0. The van der Waals surface area contributed by atoms with E-state index in [9.17, 15) is 0 Å². The first-order valence-electron chi connectivity index (χ1n) is 9.36. The molecule has 6 nitrogen and oxygen atoms in total. The van der Waals surface area contributed by atoms with Crippen molar-refractivity contribution in [2.75, 3.05) is 39.5 Å². The van der Waals surface area contributed by atoms with Crippen LogP contribution in [0.25, 0.3) is 0 Å². The first-order valence-corrected chi connectivity index (χ1v) is 9.36. The molecule has 0 saturated carbocycles. The maximum atomic E-state index is 5.68. The summed E-state index contributed by atoms with van der Waals surface area (Å²) in [5.74, 6) is 1.61. The fraction of sp³-hybridized carbons (Fsp3) is 0.550. The highest BCUT2D eigenvalue weighted by Gasteiger charge is 2.14. The van der Waals surface area contributed by atoms with Crippen LogP contribution in [0.5, 0.6) is 5.75 Å². The van der Waals surface area contributed by atoms with E-state index >= 15 is 0 Å². The average Bonchev–Trinajstić information content (AvgIpc) is 3.18. The standard InChI is InChI=1S/C20H31N3O3/c1-3-12-26-19-10-6-5-8-17(19)15-23-20(21-4-2)22-11-14-24-16-18-9-7-13-25-18/h3,5-6,8,10,18H,1,4,7,9,11-16H2,2H3,(H2,21,22,23). The van der Waals surface area contributed by atoms with Gasteiger partial charge in [-0.3, -0.25) is 0 Å². The van der Waals surface area contributed by atoms with Crippen molar-refractivity contribution in [2.24, 2.45) is 4.99 Å². The van der Waals surface area contributed by atoms with E-state index in [-0.39, 0.29) is 6.10 Å². The Balaban J connectivity index is 1.77. The molecule has 0 radical (unpaired) electrons. The van der Waals surface area contributed by atoms with Crippen LogP contribution in [-0.2, 0) is 16.0 Å². The molecule has 1 saturated heterocycles. The van der Waals surface area contributed by atoms with E-state index in [0.29, 0.717) is 32.9 Å². The van der Waals surface area contributed by atoms with E-state index in [2.05, 4.69) is 22.2 Å². The first-order chi connectivity index (χ1) is 12.8. The van der Waals surface area contributed by atoms with Crippen LogP contribution >= 0.6 is 0 Å². The highest BCUT2D eigenvalue weighted by Crippen LogP contribution is 2.18. The summed E-state index contributed by atoms with van der Waals surface area (Å²) in [6.45, 7) is 10.4. The molecule has 1 aromatic rings. The second-order valence-electron chi connectivity index (χ2n) is 6.04. The summed E-state index contributed by atoms with van der Waals surface area (Å²) in [5, 5.41) is 6.54. The molecule has 1 heterocycles. The topological polar surface area (TPSA) is 64.1 Å². The normalized spacial score (nSPS) is 17.1. The zero-order valence-corrected chi connectivity index (χ0v) is 15.7. The highest BCUT2D eigenvalue weighted by atomic mass is 16.5. The third kappa shape index (κ3) is 7.45. The number of guanidine groups is 1. The van der Waals surface area contributed by atoms with E-state index in [1.54, 1.807) is 6.08 Å². The van der Waals surface area contributed by atoms with Crippen LogP contribution in [0.2, 0.25) is 0 Å². The number of ether oxygens (including phenoxy) is 3. The van der Waals surface area contributed by atoms with Crippen molar-refractivity contribution in [2.45, 2.75) is 32.4 Å². The lowest BCUT2D eigenvalue weighted by Gasteiger charge is -2.14. The van der Waals surface area contributed by atoms with Crippen molar-refractivity contribution in [3.63, 3.8) is 0 Å². The molecule has 0 aliphatic carbocycles. The van der Waals surface area contributed by atoms with Crippen LogP contribution in [0.15, 0.2) is 41.9 Å². The second-order valence-corrected chi connectivity index (χ2v) is 6.04. The van der Waals surface area contributed by atoms with Crippen LogP contribution in [0.4, 0.5) is 0 Å². The Kier molecular flexibility index (Phi) is 9.61. The lowest BCUT2D eigenvalue weighted by Crippen LogP contribution is -2.39. The summed E-state index contributed by atoms with van der Waals surface area (Å²) in [7, 11) is 0. The van der Waals surface area contributed by atoms with Gasteiger partial charge in [-0.25, -0.2) is 4.99 Å². The average molecular weight is 361 g/mol. The van der Waals surface area contributed by atoms with Gasteiger partial charge >= 0.3 is 0 Å². The molecule has 0 amide bonds. The molecule has 26 heavy (non-hydrogen) atoms. The first kappa shape index (κ1) is 20.3. The molecule has 0 spiro atoms. The van der Waals surface area contributed by atoms with Crippen LogP contribution in [0.1, 0.15) is 25.3 Å². The maximum Gasteiger partial charge on any atom is 0.191 e. The largest absolute Gasteiger partial charge is 0.489 e. The molecule has 2 N–H and O–H groups in total. The minimum atomic E-state index is 0.268. The van der Waals surface area contributed by atoms with Crippen LogP contribution < -0.4 is 15.4 Å². The third-order valence-electron chi connectivity index (χ3n) is 3.95. The Bertz CT molecular complexity index is 557. The maximum absolute atomic E-state index is 5.68. The molecule has 1 atom stereocenters. The Morgan fingerprint density at radius 1 is 1.38 bits per heavy atom. The molecule has 1 fully saturated rings. The van der Waals surface area contributed by atoms with Gasteiger partial charge in [-0.1, -0.05) is 30.9 Å². The summed E-state index contributed by atoms with van der Waals surface area (Å²) in [5.41, 5.74) is 1.04. The molecule has 2 rings (SSSR count). The van der Waals surface area contributed by atoms with Crippen molar-refractivity contribution in [3.05, 3.63) is 42.5 Å². The summed E-state index contributed by atoms with van der Waals surface area (Å²) in [4.78, 5) is 4.64. The minimum Gasteiger partial charge on any atom is -0.489 e. The van der Waals surface area contributed by atoms with Crippen molar-refractivity contribution in [1.82, 2.24) is 10.6 Å². The smallest absolute Gasteiger partial charge is 0.191 e. The lowest BCUT2D eigenvalue weighted by molar-refractivity contribution is 0.0191. The predicted molar refractivity (Wildman–Crippen MR) is 105 cm³/mol. The van der Waals surface area contributed by atoms with Crippen molar-refractivity contribution < 1.29 is 14.2 Å². The molecule has 0 bridgehead atoms. The number of hydrogen-bond acceptors (Lipinski definition) is 4. The third-order valence-corrected chi connectivity index (χ3v) is 3.95. The fourth-order valence-corrected chi connectivity index (χ4v) is 2.66. The number of rotatable bonds is 11. The Morgan fingerprint density at radius 2 is 2.27 bits per heavy atom. The molecule has 6 heteroatoms. The zero-order valence-electron chi connectivity index (χ0n) is 15.7.